The average molecular weight is 360 g/mol. The van der Waals surface area contributed by atoms with Gasteiger partial charge in [0.15, 0.2) is 9.84 Å². The molecule has 2 fully saturated rings. The van der Waals surface area contributed by atoms with Crippen molar-refractivity contribution in [1.82, 2.24) is 4.90 Å². The Morgan fingerprint density at radius 1 is 1.45 bits per heavy atom. The van der Waals surface area contributed by atoms with Crippen molar-refractivity contribution in [1.29, 1.82) is 0 Å². The number of methoxy groups -OCH3 is 1. The summed E-state index contributed by atoms with van der Waals surface area (Å²) in [5.41, 5.74) is 0.509. The Hall–Kier alpha value is -1.08. The maximum Gasteiger partial charge on any atom is 0.255 e. The van der Waals surface area contributed by atoms with E-state index in [-0.39, 0.29) is 23.0 Å². The highest BCUT2D eigenvalue weighted by atomic mass is 79.9. The number of nitrogens with zero attached hydrogens (tertiary/aromatic N) is 1. The Morgan fingerprint density at radius 2 is 2.20 bits per heavy atom. The summed E-state index contributed by atoms with van der Waals surface area (Å²) >= 11 is 3.36. The van der Waals surface area contributed by atoms with E-state index in [0.29, 0.717) is 28.8 Å². The molecule has 1 aromatic rings. The highest BCUT2D eigenvalue weighted by Gasteiger charge is 2.50. The van der Waals surface area contributed by atoms with E-state index in [1.165, 1.54) is 0 Å². The number of hydrogen-bond donors (Lipinski definition) is 0. The second kappa shape index (κ2) is 4.73. The third-order valence-electron chi connectivity index (χ3n) is 3.97. The first-order valence-electron chi connectivity index (χ1n) is 6.28. The average Bonchev–Trinajstić information content (AvgIpc) is 2.94. The summed E-state index contributed by atoms with van der Waals surface area (Å²) in [5.74, 6) is 0.553. The molecule has 3 rings (SSSR count). The molecule has 1 amide bonds. The molecule has 7 heteroatoms. The van der Waals surface area contributed by atoms with Crippen LogP contribution in [-0.4, -0.2) is 49.9 Å². The molecule has 0 N–H and O–H groups in total. The summed E-state index contributed by atoms with van der Waals surface area (Å²) in [6.45, 7) is 0.301. The molecule has 108 valence electrons. The van der Waals surface area contributed by atoms with E-state index in [1.807, 2.05) is 0 Å². The van der Waals surface area contributed by atoms with Gasteiger partial charge in [-0.25, -0.2) is 8.42 Å². The summed E-state index contributed by atoms with van der Waals surface area (Å²) in [7, 11) is -1.45. The first-order valence-corrected chi connectivity index (χ1v) is 8.79. The molecule has 1 aromatic carbocycles. The summed E-state index contributed by atoms with van der Waals surface area (Å²) in [5, 5.41) is -0.388. The van der Waals surface area contributed by atoms with Crippen LogP contribution in [0.4, 0.5) is 0 Å². The number of halogens is 1. The number of amides is 1. The number of benzene rings is 1. The Balaban J connectivity index is 1.88. The fourth-order valence-electron chi connectivity index (χ4n) is 2.89. The molecule has 5 nitrogen and oxygen atoms in total. The summed E-state index contributed by atoms with van der Waals surface area (Å²) in [4.78, 5) is 14.3. The molecule has 2 heterocycles. The lowest BCUT2D eigenvalue weighted by atomic mass is 10.1. The first-order chi connectivity index (χ1) is 9.42. The molecule has 20 heavy (non-hydrogen) atoms. The Labute approximate surface area is 126 Å². The third-order valence-corrected chi connectivity index (χ3v) is 6.87. The number of rotatable bonds is 2. The van der Waals surface area contributed by atoms with Crippen LogP contribution in [0, 0.1) is 0 Å². The van der Waals surface area contributed by atoms with Gasteiger partial charge in [0.1, 0.15) is 5.75 Å². The van der Waals surface area contributed by atoms with Crippen molar-refractivity contribution in [3.05, 3.63) is 28.2 Å². The molecule has 2 saturated heterocycles. The predicted octanol–water partition coefficient (Wildman–Crippen LogP) is 1.47. The smallest absolute Gasteiger partial charge is 0.255 e. The third kappa shape index (κ3) is 2.13. The molecule has 2 aliphatic heterocycles. The van der Waals surface area contributed by atoms with Gasteiger partial charge in [-0.1, -0.05) is 0 Å². The number of likely N-dealkylation sites (tertiary alicyclic amines) is 1. The minimum Gasteiger partial charge on any atom is -0.497 e. The number of fused-ring (bicyclic) bond motifs is 2. The van der Waals surface area contributed by atoms with Crippen molar-refractivity contribution in [2.45, 2.75) is 17.7 Å². The van der Waals surface area contributed by atoms with Crippen LogP contribution in [0.2, 0.25) is 0 Å². The van der Waals surface area contributed by atoms with Crippen LogP contribution in [0.25, 0.3) is 0 Å². The molecular formula is C13H14BrNO4S. The topological polar surface area (TPSA) is 63.7 Å². The highest BCUT2D eigenvalue weighted by Crippen LogP contribution is 2.35. The van der Waals surface area contributed by atoms with Gasteiger partial charge in [0, 0.05) is 17.1 Å². The Morgan fingerprint density at radius 3 is 2.75 bits per heavy atom. The maximum absolute atomic E-state index is 12.6. The lowest BCUT2D eigenvalue weighted by Crippen LogP contribution is -2.44. The molecule has 2 aliphatic rings. The van der Waals surface area contributed by atoms with Gasteiger partial charge in [0.25, 0.3) is 5.91 Å². The molecule has 2 bridgehead atoms. The van der Waals surface area contributed by atoms with Crippen molar-refractivity contribution in [3.63, 3.8) is 0 Å². The fourth-order valence-corrected chi connectivity index (χ4v) is 5.34. The molecule has 0 saturated carbocycles. The number of sulfone groups is 1. The van der Waals surface area contributed by atoms with Gasteiger partial charge in [-0.3, -0.25) is 4.79 Å². The van der Waals surface area contributed by atoms with Crippen LogP contribution in [0.5, 0.6) is 5.75 Å². The lowest BCUT2D eigenvalue weighted by Gasteiger charge is -2.27. The van der Waals surface area contributed by atoms with Gasteiger partial charge in [-0.2, -0.15) is 0 Å². The zero-order chi connectivity index (χ0) is 14.5. The molecule has 2 atom stereocenters. The van der Waals surface area contributed by atoms with E-state index in [4.69, 9.17) is 4.74 Å². The second-order valence-corrected chi connectivity index (χ2v) is 8.32. The zero-order valence-electron chi connectivity index (χ0n) is 10.9. The molecule has 0 spiro atoms. The van der Waals surface area contributed by atoms with Gasteiger partial charge in [-0.05, 0) is 40.5 Å². The molecular weight excluding hydrogens is 346 g/mol. The molecule has 0 aromatic heterocycles. The minimum absolute atomic E-state index is 0.0883. The van der Waals surface area contributed by atoms with Crippen molar-refractivity contribution in [3.8, 4) is 5.75 Å². The monoisotopic (exact) mass is 359 g/mol. The van der Waals surface area contributed by atoms with E-state index in [2.05, 4.69) is 15.9 Å². The minimum atomic E-state index is -2.99. The van der Waals surface area contributed by atoms with Crippen molar-refractivity contribution in [2.24, 2.45) is 0 Å². The van der Waals surface area contributed by atoms with Crippen LogP contribution in [0.1, 0.15) is 16.8 Å². The van der Waals surface area contributed by atoms with Crippen LogP contribution in [0.15, 0.2) is 22.7 Å². The van der Waals surface area contributed by atoms with Gasteiger partial charge in [-0.15, -0.1) is 0 Å². The molecule has 2 unspecified atom stereocenters. The van der Waals surface area contributed by atoms with Crippen LogP contribution >= 0.6 is 15.9 Å². The van der Waals surface area contributed by atoms with Crippen molar-refractivity contribution in [2.75, 3.05) is 19.4 Å². The number of carbonyl (C=O) groups is 1. The van der Waals surface area contributed by atoms with Gasteiger partial charge in [0.05, 0.1) is 23.7 Å². The van der Waals surface area contributed by atoms with Crippen molar-refractivity contribution < 1.29 is 17.9 Å². The largest absolute Gasteiger partial charge is 0.497 e. The lowest BCUT2D eigenvalue weighted by molar-refractivity contribution is 0.0744. The van der Waals surface area contributed by atoms with E-state index in [1.54, 1.807) is 30.2 Å². The van der Waals surface area contributed by atoms with Crippen molar-refractivity contribution >= 4 is 31.7 Å². The Bertz CT molecular complexity index is 673. The highest BCUT2D eigenvalue weighted by molar-refractivity contribution is 9.10. The molecule has 0 aliphatic carbocycles. The molecule has 0 radical (unpaired) electrons. The van der Waals surface area contributed by atoms with E-state index in [9.17, 15) is 13.2 Å². The summed E-state index contributed by atoms with van der Waals surface area (Å²) in [6.07, 6.45) is 0.565. The predicted molar refractivity (Wildman–Crippen MR) is 77.7 cm³/mol. The standard InChI is InChI=1S/C13H14BrNO4S/c1-19-9-2-3-12(14)11(5-9)13(16)15-6-10-4-8(15)7-20(10,17)18/h2-3,5,8,10H,4,6-7H2,1H3. The van der Waals surface area contributed by atoms with Crippen LogP contribution < -0.4 is 4.74 Å². The number of ether oxygens (including phenoxy) is 1. The van der Waals surface area contributed by atoms with Gasteiger partial charge >= 0.3 is 0 Å². The Kier molecular flexibility index (Phi) is 3.29. The first kappa shape index (κ1) is 13.9. The van der Waals surface area contributed by atoms with Crippen LogP contribution in [-0.2, 0) is 9.84 Å². The van der Waals surface area contributed by atoms with E-state index >= 15 is 0 Å². The summed E-state index contributed by atoms with van der Waals surface area (Å²) in [6, 6.07) is 5.02. The summed E-state index contributed by atoms with van der Waals surface area (Å²) < 4.78 is 29.3. The zero-order valence-corrected chi connectivity index (χ0v) is 13.3. The van der Waals surface area contributed by atoms with E-state index in [0.717, 1.165) is 0 Å². The van der Waals surface area contributed by atoms with Gasteiger partial charge < -0.3 is 9.64 Å². The van der Waals surface area contributed by atoms with Gasteiger partial charge in [0.2, 0.25) is 0 Å². The second-order valence-electron chi connectivity index (χ2n) is 5.14. The quantitative estimate of drug-likeness (QED) is 0.801. The van der Waals surface area contributed by atoms with Crippen LogP contribution in [0.3, 0.4) is 0 Å². The number of carbonyl (C=O) groups excluding carboxylic acids is 1. The maximum atomic E-state index is 12.6. The normalized spacial score (nSPS) is 26.8. The SMILES string of the molecule is COc1ccc(Br)c(C(=O)N2CC3CC2CS3(=O)=O)c1. The fraction of sp³-hybridized carbons (Fsp3) is 0.462. The number of hydrogen-bond acceptors (Lipinski definition) is 4. The van der Waals surface area contributed by atoms with E-state index < -0.39 is 9.84 Å².